The fraction of sp³-hybridized carbons (Fsp3) is 0.211. The van der Waals surface area contributed by atoms with Gasteiger partial charge in [-0.2, -0.15) is 0 Å². The molecule has 2 aromatic carbocycles. The van der Waals surface area contributed by atoms with Crippen molar-refractivity contribution in [3.8, 4) is 0 Å². The number of nitrogens with zero attached hydrogens (tertiary/aromatic N) is 1. The van der Waals surface area contributed by atoms with Crippen LogP contribution in [0.4, 0.5) is 0 Å². The van der Waals surface area contributed by atoms with Gasteiger partial charge in [0.25, 0.3) is 0 Å². The number of hydrogen-bond donors (Lipinski definition) is 1. The summed E-state index contributed by atoms with van der Waals surface area (Å²) in [5, 5.41) is 0.980. The quantitative estimate of drug-likeness (QED) is 0.569. The largest absolute Gasteiger partial charge is 0.461 e. The van der Waals surface area contributed by atoms with Crippen LogP contribution >= 0.6 is 0 Å². The highest BCUT2D eigenvalue weighted by molar-refractivity contribution is 7.89. The molecule has 0 aliphatic rings. The molecular weight excluding hydrogens is 368 g/mol. The molecule has 8 heteroatoms. The van der Waals surface area contributed by atoms with Crippen molar-refractivity contribution in [1.82, 2.24) is 9.29 Å². The lowest BCUT2D eigenvalue weighted by Crippen LogP contribution is -2.34. The molecule has 140 valence electrons. The number of benzene rings is 2. The summed E-state index contributed by atoms with van der Waals surface area (Å²) in [6.45, 7) is 1.77. The molecular formula is C19H18N2O5S. The highest BCUT2D eigenvalue weighted by Gasteiger charge is 2.20. The Labute approximate surface area is 155 Å². The first-order valence-electron chi connectivity index (χ1n) is 8.43. The number of aromatic nitrogens is 1. The molecule has 4 aromatic rings. The number of nitrogens with one attached hydrogen (secondary N) is 1. The van der Waals surface area contributed by atoms with Crippen LogP contribution in [-0.4, -0.2) is 19.0 Å². The third-order valence-electron chi connectivity index (χ3n) is 4.41. The zero-order valence-corrected chi connectivity index (χ0v) is 15.6. The summed E-state index contributed by atoms with van der Waals surface area (Å²) in [5.41, 5.74) is 1.54. The van der Waals surface area contributed by atoms with Gasteiger partial charge >= 0.3 is 5.76 Å². The van der Waals surface area contributed by atoms with Crippen LogP contribution in [0.15, 0.2) is 67.1 Å². The summed E-state index contributed by atoms with van der Waals surface area (Å²) in [4.78, 5) is 11.6. The Morgan fingerprint density at radius 1 is 1.07 bits per heavy atom. The normalized spacial score (nSPS) is 13.4. The van der Waals surface area contributed by atoms with Crippen molar-refractivity contribution in [2.75, 3.05) is 0 Å². The fourth-order valence-corrected chi connectivity index (χ4v) is 4.35. The Morgan fingerprint density at radius 2 is 1.85 bits per heavy atom. The molecule has 0 saturated heterocycles. The second-order valence-electron chi connectivity index (χ2n) is 6.53. The van der Waals surface area contributed by atoms with Crippen LogP contribution in [-0.2, 0) is 23.5 Å². The molecule has 7 nitrogen and oxygen atoms in total. The van der Waals surface area contributed by atoms with Crippen molar-refractivity contribution in [2.45, 2.75) is 24.3 Å². The number of furan rings is 1. The number of aryl methyl sites for hydroxylation is 1. The minimum absolute atomic E-state index is 0.0721. The molecule has 1 unspecified atom stereocenters. The molecule has 1 atom stereocenters. The molecule has 0 fully saturated rings. The fourth-order valence-electron chi connectivity index (χ4n) is 3.09. The van der Waals surface area contributed by atoms with E-state index in [2.05, 4.69) is 4.72 Å². The molecule has 0 amide bonds. The first-order chi connectivity index (χ1) is 12.8. The van der Waals surface area contributed by atoms with E-state index in [9.17, 15) is 13.2 Å². The SMILES string of the molecule is CC(Cc1cc2ccccc2o1)NS(=O)(=O)c1ccc2oc(=O)n(C)c2c1. The van der Waals surface area contributed by atoms with Gasteiger partial charge < -0.3 is 8.83 Å². The maximum absolute atomic E-state index is 12.7. The van der Waals surface area contributed by atoms with Gasteiger partial charge in [-0.1, -0.05) is 18.2 Å². The van der Waals surface area contributed by atoms with Gasteiger partial charge in [0.2, 0.25) is 10.0 Å². The lowest BCUT2D eigenvalue weighted by Gasteiger charge is -2.13. The van der Waals surface area contributed by atoms with E-state index in [1.807, 2.05) is 30.3 Å². The average molecular weight is 386 g/mol. The van der Waals surface area contributed by atoms with E-state index in [1.54, 1.807) is 6.92 Å². The van der Waals surface area contributed by atoms with Crippen molar-refractivity contribution < 1.29 is 17.3 Å². The van der Waals surface area contributed by atoms with Gasteiger partial charge in [-0.15, -0.1) is 0 Å². The summed E-state index contributed by atoms with van der Waals surface area (Å²) in [6.07, 6.45) is 0.417. The molecule has 0 aliphatic carbocycles. The first kappa shape index (κ1) is 17.6. The van der Waals surface area contributed by atoms with Gasteiger partial charge in [0.15, 0.2) is 5.58 Å². The zero-order chi connectivity index (χ0) is 19.2. The summed E-state index contributed by atoms with van der Waals surface area (Å²) in [6, 6.07) is 13.5. The number of sulfonamides is 1. The van der Waals surface area contributed by atoms with E-state index >= 15 is 0 Å². The first-order valence-corrected chi connectivity index (χ1v) is 9.91. The topological polar surface area (TPSA) is 94.5 Å². The lowest BCUT2D eigenvalue weighted by molar-refractivity contribution is 0.504. The van der Waals surface area contributed by atoms with Crippen LogP contribution in [0.5, 0.6) is 0 Å². The second kappa shape index (κ2) is 6.40. The number of para-hydroxylation sites is 1. The van der Waals surface area contributed by atoms with Crippen LogP contribution < -0.4 is 10.5 Å². The number of rotatable bonds is 5. The van der Waals surface area contributed by atoms with Gasteiger partial charge in [-0.05, 0) is 37.3 Å². The van der Waals surface area contributed by atoms with Crippen LogP contribution in [0.1, 0.15) is 12.7 Å². The number of oxazole rings is 1. The molecule has 2 aromatic heterocycles. The maximum Gasteiger partial charge on any atom is 0.419 e. The molecule has 4 rings (SSSR count). The highest BCUT2D eigenvalue weighted by atomic mass is 32.2. The predicted octanol–water partition coefficient (Wildman–Crippen LogP) is 2.79. The van der Waals surface area contributed by atoms with Gasteiger partial charge in [-0.3, -0.25) is 4.57 Å². The molecule has 0 radical (unpaired) electrons. The molecule has 0 aliphatic heterocycles. The number of fused-ring (bicyclic) bond motifs is 2. The van der Waals surface area contributed by atoms with Gasteiger partial charge in [0, 0.05) is 24.9 Å². The second-order valence-corrected chi connectivity index (χ2v) is 8.25. The van der Waals surface area contributed by atoms with Gasteiger partial charge in [0.1, 0.15) is 11.3 Å². The standard InChI is InChI=1S/C19H18N2O5S/c1-12(9-14-10-13-5-3-4-6-17(13)25-14)20-27(23,24)15-7-8-18-16(11-15)21(2)19(22)26-18/h3-8,10-12,20H,9H2,1-2H3. The Bertz CT molecular complexity index is 1260. The number of hydrogen-bond acceptors (Lipinski definition) is 5. The third kappa shape index (κ3) is 3.29. The lowest BCUT2D eigenvalue weighted by atomic mass is 10.2. The zero-order valence-electron chi connectivity index (χ0n) is 14.8. The Hall–Kier alpha value is -2.84. The summed E-state index contributed by atoms with van der Waals surface area (Å²) < 4.78 is 40.1. The van der Waals surface area contributed by atoms with Gasteiger partial charge in [0.05, 0.1) is 10.4 Å². The smallest absolute Gasteiger partial charge is 0.419 e. The molecule has 27 heavy (non-hydrogen) atoms. The van der Waals surface area contributed by atoms with E-state index in [0.29, 0.717) is 23.3 Å². The van der Waals surface area contributed by atoms with E-state index in [1.165, 1.54) is 29.8 Å². The van der Waals surface area contributed by atoms with E-state index in [4.69, 9.17) is 8.83 Å². The Balaban J connectivity index is 1.56. The van der Waals surface area contributed by atoms with Crippen molar-refractivity contribution in [2.24, 2.45) is 7.05 Å². The predicted molar refractivity (Wildman–Crippen MR) is 101 cm³/mol. The maximum atomic E-state index is 12.7. The van der Waals surface area contributed by atoms with E-state index in [0.717, 1.165) is 11.0 Å². The average Bonchev–Trinajstić information content (AvgIpc) is 3.14. The van der Waals surface area contributed by atoms with Gasteiger partial charge in [-0.25, -0.2) is 17.9 Å². The minimum atomic E-state index is -3.76. The summed E-state index contributed by atoms with van der Waals surface area (Å²) in [5.74, 6) is 0.171. The van der Waals surface area contributed by atoms with Crippen LogP contribution in [0, 0.1) is 0 Å². The molecule has 0 bridgehead atoms. The molecule has 0 saturated carbocycles. The van der Waals surface area contributed by atoms with Crippen LogP contribution in [0.3, 0.4) is 0 Å². The van der Waals surface area contributed by atoms with Crippen molar-refractivity contribution in [3.63, 3.8) is 0 Å². The Morgan fingerprint density at radius 3 is 2.63 bits per heavy atom. The molecule has 2 heterocycles. The van der Waals surface area contributed by atoms with Crippen LogP contribution in [0.25, 0.3) is 22.1 Å². The highest BCUT2D eigenvalue weighted by Crippen LogP contribution is 2.21. The summed E-state index contributed by atoms with van der Waals surface area (Å²) in [7, 11) is -2.23. The van der Waals surface area contributed by atoms with Crippen molar-refractivity contribution in [3.05, 3.63) is 64.8 Å². The van der Waals surface area contributed by atoms with E-state index < -0.39 is 15.8 Å². The van der Waals surface area contributed by atoms with Crippen molar-refractivity contribution >= 4 is 32.1 Å². The summed E-state index contributed by atoms with van der Waals surface area (Å²) >= 11 is 0. The van der Waals surface area contributed by atoms with Crippen LogP contribution in [0.2, 0.25) is 0 Å². The molecule has 0 spiro atoms. The molecule has 1 N–H and O–H groups in total. The van der Waals surface area contributed by atoms with Crippen molar-refractivity contribution in [1.29, 1.82) is 0 Å². The Kier molecular flexibility index (Phi) is 4.16. The third-order valence-corrected chi connectivity index (χ3v) is 6.00. The van der Waals surface area contributed by atoms with E-state index in [-0.39, 0.29) is 10.9 Å². The minimum Gasteiger partial charge on any atom is -0.461 e. The monoisotopic (exact) mass is 386 g/mol.